The molecule has 0 saturated carbocycles. The maximum Gasteiger partial charge on any atom is 0.164 e. The number of fused-ring (bicyclic) bond motifs is 2. The van der Waals surface area contributed by atoms with E-state index in [-0.39, 0.29) is 10.8 Å². The first-order chi connectivity index (χ1) is 22.8. The summed E-state index contributed by atoms with van der Waals surface area (Å²) in [7, 11) is 0. The van der Waals surface area contributed by atoms with Crippen LogP contribution in [-0.4, -0.2) is 15.0 Å². The highest BCUT2D eigenvalue weighted by Gasteiger charge is 2.41. The second-order valence-electron chi connectivity index (χ2n) is 14.3. The molecule has 0 fully saturated rings. The third-order valence-corrected chi connectivity index (χ3v) is 9.97. The van der Waals surface area contributed by atoms with Crippen LogP contribution in [0.15, 0.2) is 127 Å². The van der Waals surface area contributed by atoms with Crippen molar-refractivity contribution in [2.75, 3.05) is 0 Å². The van der Waals surface area contributed by atoms with Gasteiger partial charge >= 0.3 is 0 Å². The van der Waals surface area contributed by atoms with E-state index in [1.54, 1.807) is 0 Å². The molecule has 0 amide bonds. The molecule has 0 spiro atoms. The molecule has 5 aromatic carbocycles. The van der Waals surface area contributed by atoms with Crippen molar-refractivity contribution in [2.24, 2.45) is 0 Å². The average molecular weight is 610 g/mol. The van der Waals surface area contributed by atoms with Crippen molar-refractivity contribution in [3.63, 3.8) is 0 Å². The summed E-state index contributed by atoms with van der Waals surface area (Å²) in [6.45, 7) is 9.51. The third-order valence-electron chi connectivity index (χ3n) is 9.97. The van der Waals surface area contributed by atoms with E-state index in [2.05, 4.69) is 149 Å². The molecule has 3 heteroatoms. The van der Waals surface area contributed by atoms with Crippen molar-refractivity contribution in [3.05, 3.63) is 144 Å². The molecule has 0 atom stereocenters. The SMILES string of the molecule is CC1(C)CC(C)(C)c2cc(-c3cccc4c(-c5nc(C6=CCCC=C6)nc(-c6ccc(-c7ccccc7)cc6)n5)cccc34)ccc21. The molecule has 47 heavy (non-hydrogen) atoms. The Morgan fingerprint density at radius 1 is 0.489 bits per heavy atom. The summed E-state index contributed by atoms with van der Waals surface area (Å²) in [6, 6.07) is 39.2. The maximum atomic E-state index is 5.13. The number of aromatic nitrogens is 3. The zero-order valence-electron chi connectivity index (χ0n) is 27.6. The fourth-order valence-electron chi connectivity index (χ4n) is 7.89. The van der Waals surface area contributed by atoms with Gasteiger partial charge in [0.15, 0.2) is 17.5 Å². The number of rotatable bonds is 5. The van der Waals surface area contributed by atoms with Crippen molar-refractivity contribution in [2.45, 2.75) is 57.8 Å². The molecule has 8 rings (SSSR count). The van der Waals surface area contributed by atoms with Crippen LogP contribution in [0, 0.1) is 0 Å². The summed E-state index contributed by atoms with van der Waals surface area (Å²) in [4.78, 5) is 15.3. The molecule has 0 bridgehead atoms. The number of allylic oxidation sites excluding steroid dienone is 4. The van der Waals surface area contributed by atoms with Crippen molar-refractivity contribution in [3.8, 4) is 45.0 Å². The van der Waals surface area contributed by atoms with Crippen molar-refractivity contribution in [1.82, 2.24) is 15.0 Å². The lowest BCUT2D eigenvalue weighted by atomic mass is 9.82. The summed E-state index contributed by atoms with van der Waals surface area (Å²) in [5, 5.41) is 2.34. The Morgan fingerprint density at radius 2 is 1.11 bits per heavy atom. The molecule has 0 saturated heterocycles. The Hall–Kier alpha value is -5.15. The number of hydrogen-bond donors (Lipinski definition) is 0. The van der Waals surface area contributed by atoms with Crippen molar-refractivity contribution < 1.29 is 0 Å². The van der Waals surface area contributed by atoms with E-state index in [1.807, 2.05) is 6.07 Å². The van der Waals surface area contributed by atoms with Crippen LogP contribution in [-0.2, 0) is 10.8 Å². The van der Waals surface area contributed by atoms with Crippen LogP contribution in [0.2, 0.25) is 0 Å². The van der Waals surface area contributed by atoms with E-state index in [1.165, 1.54) is 38.8 Å². The zero-order valence-corrected chi connectivity index (χ0v) is 27.6. The Morgan fingerprint density at radius 3 is 1.85 bits per heavy atom. The van der Waals surface area contributed by atoms with Crippen LogP contribution in [0.1, 0.15) is 63.9 Å². The van der Waals surface area contributed by atoms with Gasteiger partial charge in [-0.2, -0.15) is 0 Å². The van der Waals surface area contributed by atoms with Crippen LogP contribution in [0.25, 0.3) is 61.4 Å². The Balaban J connectivity index is 1.26. The van der Waals surface area contributed by atoms with E-state index in [9.17, 15) is 0 Å². The smallest absolute Gasteiger partial charge is 0.164 e. The van der Waals surface area contributed by atoms with Crippen LogP contribution in [0.4, 0.5) is 0 Å². The molecule has 230 valence electrons. The molecule has 0 N–H and O–H groups in total. The first-order valence-electron chi connectivity index (χ1n) is 16.7. The predicted molar refractivity (Wildman–Crippen MR) is 196 cm³/mol. The van der Waals surface area contributed by atoms with E-state index in [4.69, 9.17) is 15.0 Å². The van der Waals surface area contributed by atoms with Gasteiger partial charge in [-0.25, -0.2) is 15.0 Å². The normalized spacial score (nSPS) is 16.2. The summed E-state index contributed by atoms with van der Waals surface area (Å²) in [5.41, 5.74) is 11.1. The van der Waals surface area contributed by atoms with Crippen LogP contribution < -0.4 is 0 Å². The van der Waals surface area contributed by atoms with Crippen LogP contribution in [0.5, 0.6) is 0 Å². The minimum atomic E-state index is 0.143. The molecule has 0 radical (unpaired) electrons. The van der Waals surface area contributed by atoms with Gasteiger partial charge in [-0.15, -0.1) is 0 Å². The van der Waals surface area contributed by atoms with E-state index >= 15 is 0 Å². The first-order valence-corrected chi connectivity index (χ1v) is 16.7. The second kappa shape index (κ2) is 11.3. The molecule has 3 nitrogen and oxygen atoms in total. The summed E-state index contributed by atoms with van der Waals surface area (Å²) in [6.07, 6.45) is 9.76. The van der Waals surface area contributed by atoms with Gasteiger partial charge in [0, 0.05) is 16.7 Å². The van der Waals surface area contributed by atoms with Gasteiger partial charge in [0.25, 0.3) is 0 Å². The molecule has 0 aliphatic heterocycles. The fourth-order valence-corrected chi connectivity index (χ4v) is 7.89. The second-order valence-corrected chi connectivity index (χ2v) is 14.3. The molecule has 2 aliphatic rings. The molecule has 0 unspecified atom stereocenters. The average Bonchev–Trinajstić information content (AvgIpc) is 3.30. The summed E-state index contributed by atoms with van der Waals surface area (Å²) >= 11 is 0. The van der Waals surface area contributed by atoms with Gasteiger partial charge in [-0.3, -0.25) is 0 Å². The monoisotopic (exact) mass is 609 g/mol. The lowest BCUT2D eigenvalue weighted by Crippen LogP contribution is -2.17. The Labute approximate surface area is 277 Å². The highest BCUT2D eigenvalue weighted by molar-refractivity contribution is 6.03. The van der Waals surface area contributed by atoms with Crippen LogP contribution >= 0.6 is 0 Å². The Bertz CT molecular complexity index is 2200. The van der Waals surface area contributed by atoms with Gasteiger partial charge in [0.2, 0.25) is 0 Å². The molecule has 1 heterocycles. The number of hydrogen-bond acceptors (Lipinski definition) is 3. The minimum Gasteiger partial charge on any atom is -0.208 e. The number of benzene rings is 5. The van der Waals surface area contributed by atoms with Gasteiger partial charge < -0.3 is 0 Å². The molecule has 1 aromatic heterocycles. The highest BCUT2D eigenvalue weighted by Crippen LogP contribution is 2.50. The lowest BCUT2D eigenvalue weighted by molar-refractivity contribution is 0.403. The van der Waals surface area contributed by atoms with Gasteiger partial charge in [-0.1, -0.05) is 155 Å². The third kappa shape index (κ3) is 5.30. The van der Waals surface area contributed by atoms with E-state index in [0.717, 1.165) is 41.3 Å². The summed E-state index contributed by atoms with van der Waals surface area (Å²) in [5.74, 6) is 2.09. The molecular weight excluding hydrogens is 571 g/mol. The van der Waals surface area contributed by atoms with E-state index in [0.29, 0.717) is 17.5 Å². The molecule has 2 aliphatic carbocycles. The minimum absolute atomic E-state index is 0.143. The van der Waals surface area contributed by atoms with Crippen molar-refractivity contribution in [1.29, 1.82) is 0 Å². The quantitative estimate of drug-likeness (QED) is 0.195. The maximum absolute atomic E-state index is 5.13. The van der Waals surface area contributed by atoms with Crippen molar-refractivity contribution >= 4 is 16.3 Å². The van der Waals surface area contributed by atoms with Gasteiger partial charge in [0.05, 0.1) is 0 Å². The van der Waals surface area contributed by atoms with Gasteiger partial charge in [-0.05, 0) is 74.2 Å². The summed E-state index contributed by atoms with van der Waals surface area (Å²) < 4.78 is 0. The van der Waals surface area contributed by atoms with Gasteiger partial charge in [0.1, 0.15) is 0 Å². The first kappa shape index (κ1) is 29.3. The fraction of sp³-hybridized carbons (Fsp3) is 0.205. The molecular formula is C44H39N3. The van der Waals surface area contributed by atoms with E-state index < -0.39 is 0 Å². The topological polar surface area (TPSA) is 38.7 Å². The predicted octanol–water partition coefficient (Wildman–Crippen LogP) is 11.4. The lowest BCUT2D eigenvalue weighted by Gasteiger charge is -2.22. The standard InChI is InChI=1S/C44H39N3/c1-43(2)28-44(3,4)39-27-33(25-26-38(39)43)34-17-11-19-36-35(34)18-12-20-37(36)42-46-40(31-15-9-6-10-16-31)45-41(47-42)32-23-21-30(22-24-32)29-13-7-5-8-14-29/h5,7-9,11-27H,6,10,28H2,1-4H3. The molecule has 6 aromatic rings. The Kier molecular flexibility index (Phi) is 7.02. The number of nitrogens with zero attached hydrogens (tertiary/aromatic N) is 3. The largest absolute Gasteiger partial charge is 0.208 e. The zero-order chi connectivity index (χ0) is 32.2. The van der Waals surface area contributed by atoms with Crippen LogP contribution in [0.3, 0.4) is 0 Å². The highest BCUT2D eigenvalue weighted by atomic mass is 15.0.